The highest BCUT2D eigenvalue weighted by atomic mass is 16.7. The lowest BCUT2D eigenvalue weighted by molar-refractivity contribution is 0.174. The first kappa shape index (κ1) is 11.8. The molecule has 0 saturated heterocycles. The smallest absolute Gasteiger partial charge is 0.231 e. The lowest BCUT2D eigenvalue weighted by Gasteiger charge is -2.11. The second-order valence-electron chi connectivity index (χ2n) is 4.79. The lowest BCUT2D eigenvalue weighted by atomic mass is 10.1. The molecule has 1 aliphatic rings. The van der Waals surface area contributed by atoms with Gasteiger partial charge < -0.3 is 20.5 Å². The maximum atomic E-state index is 5.99. The van der Waals surface area contributed by atoms with Crippen LogP contribution in [0.2, 0.25) is 0 Å². The fourth-order valence-electron chi connectivity index (χ4n) is 2.43. The van der Waals surface area contributed by atoms with Crippen LogP contribution in [0.15, 0.2) is 48.7 Å². The Labute approximate surface area is 121 Å². The fourth-order valence-corrected chi connectivity index (χ4v) is 2.43. The molecular weight excluding hydrogens is 266 g/mol. The zero-order valence-electron chi connectivity index (χ0n) is 11.2. The Balaban J connectivity index is 1.76. The van der Waals surface area contributed by atoms with Crippen molar-refractivity contribution in [3.05, 3.63) is 48.7 Å². The molecule has 21 heavy (non-hydrogen) atoms. The SMILES string of the molecule is Nc1ccc(Nc2ccc3c(c2)OCO3)c2ncccc12. The minimum Gasteiger partial charge on any atom is -0.454 e. The number of nitrogen functional groups attached to an aromatic ring is 1. The Morgan fingerprint density at radius 1 is 1.05 bits per heavy atom. The van der Waals surface area contributed by atoms with Crippen LogP contribution in [0.3, 0.4) is 0 Å². The molecule has 0 atom stereocenters. The summed E-state index contributed by atoms with van der Waals surface area (Å²) in [6.07, 6.45) is 1.76. The van der Waals surface area contributed by atoms with Crippen LogP contribution in [0.1, 0.15) is 0 Å². The molecule has 1 aliphatic heterocycles. The first-order valence-corrected chi connectivity index (χ1v) is 6.61. The summed E-state index contributed by atoms with van der Waals surface area (Å²) in [6.45, 7) is 0.269. The molecule has 2 heterocycles. The topological polar surface area (TPSA) is 69.4 Å². The molecule has 2 aromatic carbocycles. The van der Waals surface area contributed by atoms with E-state index in [4.69, 9.17) is 15.2 Å². The number of fused-ring (bicyclic) bond motifs is 2. The molecule has 0 aliphatic carbocycles. The molecular formula is C16H13N3O2. The van der Waals surface area contributed by atoms with Gasteiger partial charge in [0.1, 0.15) is 0 Å². The summed E-state index contributed by atoms with van der Waals surface area (Å²) in [5, 5.41) is 4.28. The number of nitrogens with two attached hydrogens (primary N) is 1. The summed E-state index contributed by atoms with van der Waals surface area (Å²) in [5.74, 6) is 1.51. The molecule has 0 bridgehead atoms. The van der Waals surface area contributed by atoms with E-state index in [1.807, 2.05) is 42.5 Å². The third kappa shape index (κ3) is 1.99. The summed E-state index contributed by atoms with van der Waals surface area (Å²) in [7, 11) is 0. The van der Waals surface area contributed by atoms with Gasteiger partial charge in [-0.3, -0.25) is 4.98 Å². The Bertz CT molecular complexity index is 833. The van der Waals surface area contributed by atoms with Crippen molar-refractivity contribution in [3.8, 4) is 11.5 Å². The monoisotopic (exact) mass is 279 g/mol. The summed E-state index contributed by atoms with van der Waals surface area (Å²) in [6, 6.07) is 13.4. The average molecular weight is 279 g/mol. The van der Waals surface area contributed by atoms with Gasteiger partial charge in [-0.2, -0.15) is 0 Å². The van der Waals surface area contributed by atoms with E-state index in [1.54, 1.807) is 6.20 Å². The molecule has 3 N–H and O–H groups in total. The van der Waals surface area contributed by atoms with E-state index in [2.05, 4.69) is 10.3 Å². The van der Waals surface area contributed by atoms with Crippen molar-refractivity contribution in [2.75, 3.05) is 17.8 Å². The van der Waals surface area contributed by atoms with Gasteiger partial charge >= 0.3 is 0 Å². The minimum atomic E-state index is 0.269. The van der Waals surface area contributed by atoms with Gasteiger partial charge in [-0.1, -0.05) is 0 Å². The van der Waals surface area contributed by atoms with Gasteiger partial charge in [-0.25, -0.2) is 0 Å². The summed E-state index contributed by atoms with van der Waals surface area (Å²) < 4.78 is 10.7. The van der Waals surface area contributed by atoms with Crippen LogP contribution < -0.4 is 20.5 Å². The maximum Gasteiger partial charge on any atom is 0.231 e. The van der Waals surface area contributed by atoms with E-state index in [0.29, 0.717) is 5.69 Å². The van der Waals surface area contributed by atoms with Crippen molar-refractivity contribution in [3.63, 3.8) is 0 Å². The molecule has 3 aromatic rings. The number of ether oxygens (including phenoxy) is 2. The molecule has 0 radical (unpaired) electrons. The molecule has 5 heteroatoms. The van der Waals surface area contributed by atoms with Crippen LogP contribution in [0.4, 0.5) is 17.1 Å². The highest BCUT2D eigenvalue weighted by Gasteiger charge is 2.13. The summed E-state index contributed by atoms with van der Waals surface area (Å²) in [5.41, 5.74) is 9.36. The van der Waals surface area contributed by atoms with Crippen LogP contribution in [-0.4, -0.2) is 11.8 Å². The second kappa shape index (κ2) is 4.56. The minimum absolute atomic E-state index is 0.269. The molecule has 0 fully saturated rings. The van der Waals surface area contributed by atoms with Crippen LogP contribution >= 0.6 is 0 Å². The number of pyridine rings is 1. The zero-order valence-corrected chi connectivity index (χ0v) is 11.2. The highest BCUT2D eigenvalue weighted by molar-refractivity contribution is 5.99. The third-order valence-electron chi connectivity index (χ3n) is 3.45. The lowest BCUT2D eigenvalue weighted by Crippen LogP contribution is -1.95. The van der Waals surface area contributed by atoms with Gasteiger partial charge in [0.25, 0.3) is 0 Å². The molecule has 5 nitrogen and oxygen atoms in total. The van der Waals surface area contributed by atoms with Crippen molar-refractivity contribution in [1.82, 2.24) is 4.98 Å². The highest BCUT2D eigenvalue weighted by Crippen LogP contribution is 2.36. The number of aromatic nitrogens is 1. The molecule has 0 saturated carbocycles. The van der Waals surface area contributed by atoms with E-state index in [-0.39, 0.29) is 6.79 Å². The van der Waals surface area contributed by atoms with Gasteiger partial charge in [0.15, 0.2) is 11.5 Å². The second-order valence-corrected chi connectivity index (χ2v) is 4.79. The molecule has 4 rings (SSSR count). The summed E-state index contributed by atoms with van der Waals surface area (Å²) in [4.78, 5) is 4.41. The maximum absolute atomic E-state index is 5.99. The summed E-state index contributed by atoms with van der Waals surface area (Å²) >= 11 is 0. The average Bonchev–Trinajstić information content (AvgIpc) is 2.98. The van der Waals surface area contributed by atoms with E-state index < -0.39 is 0 Å². The molecule has 104 valence electrons. The number of rotatable bonds is 2. The number of benzene rings is 2. The van der Waals surface area contributed by atoms with E-state index in [9.17, 15) is 0 Å². The van der Waals surface area contributed by atoms with Gasteiger partial charge in [-0.05, 0) is 36.4 Å². The molecule has 1 aromatic heterocycles. The third-order valence-corrected chi connectivity index (χ3v) is 3.45. The standard InChI is InChI=1S/C16H13N3O2/c17-12-4-5-13(16-11(12)2-1-7-18-16)19-10-3-6-14-15(8-10)21-9-20-14/h1-8,19H,9,17H2. The Morgan fingerprint density at radius 3 is 2.90 bits per heavy atom. The molecule has 0 unspecified atom stereocenters. The van der Waals surface area contributed by atoms with E-state index in [0.717, 1.165) is 33.8 Å². The van der Waals surface area contributed by atoms with Crippen LogP contribution in [0.25, 0.3) is 10.9 Å². The predicted molar refractivity (Wildman–Crippen MR) is 82.0 cm³/mol. The van der Waals surface area contributed by atoms with Gasteiger partial charge in [0, 0.05) is 29.0 Å². The quantitative estimate of drug-likeness (QED) is 0.704. The van der Waals surface area contributed by atoms with Crippen LogP contribution in [-0.2, 0) is 0 Å². The zero-order chi connectivity index (χ0) is 14.2. The van der Waals surface area contributed by atoms with E-state index >= 15 is 0 Å². The van der Waals surface area contributed by atoms with Crippen molar-refractivity contribution in [1.29, 1.82) is 0 Å². The largest absolute Gasteiger partial charge is 0.454 e. The van der Waals surface area contributed by atoms with Gasteiger partial charge in [-0.15, -0.1) is 0 Å². The van der Waals surface area contributed by atoms with Crippen molar-refractivity contribution >= 4 is 28.0 Å². The first-order chi connectivity index (χ1) is 10.3. The van der Waals surface area contributed by atoms with Gasteiger partial charge in [0.05, 0.1) is 11.2 Å². The van der Waals surface area contributed by atoms with E-state index in [1.165, 1.54) is 0 Å². The van der Waals surface area contributed by atoms with Crippen LogP contribution in [0, 0.1) is 0 Å². The number of anilines is 3. The Hall–Kier alpha value is -2.95. The molecule has 0 spiro atoms. The van der Waals surface area contributed by atoms with Crippen molar-refractivity contribution < 1.29 is 9.47 Å². The van der Waals surface area contributed by atoms with Crippen molar-refractivity contribution in [2.45, 2.75) is 0 Å². The Morgan fingerprint density at radius 2 is 1.95 bits per heavy atom. The van der Waals surface area contributed by atoms with Gasteiger partial charge in [0.2, 0.25) is 6.79 Å². The molecule has 0 amide bonds. The van der Waals surface area contributed by atoms with Crippen molar-refractivity contribution in [2.24, 2.45) is 0 Å². The predicted octanol–water partition coefficient (Wildman–Crippen LogP) is 3.29. The van der Waals surface area contributed by atoms with Crippen LogP contribution in [0.5, 0.6) is 11.5 Å². The number of nitrogens with one attached hydrogen (secondary N) is 1. The Kier molecular flexibility index (Phi) is 2.57. The number of nitrogens with zero attached hydrogens (tertiary/aromatic N) is 1. The first-order valence-electron chi connectivity index (χ1n) is 6.61. The normalized spacial score (nSPS) is 12.6. The number of hydrogen-bond acceptors (Lipinski definition) is 5. The fraction of sp³-hybridized carbons (Fsp3) is 0.0625. The number of hydrogen-bond donors (Lipinski definition) is 2.